The van der Waals surface area contributed by atoms with Crippen molar-refractivity contribution in [3.8, 4) is 0 Å². The van der Waals surface area contributed by atoms with Crippen LogP contribution in [0.15, 0.2) is 55.6 Å². The Balaban J connectivity index is 1.98. The lowest BCUT2D eigenvalue weighted by atomic mass is 9.94. The van der Waals surface area contributed by atoms with Gasteiger partial charge in [0.15, 0.2) is 0 Å². The van der Waals surface area contributed by atoms with Gasteiger partial charge >= 0.3 is 5.97 Å². The van der Waals surface area contributed by atoms with E-state index in [-0.39, 0.29) is 55.3 Å². The van der Waals surface area contributed by atoms with E-state index in [1.807, 2.05) is 50.3 Å². The molecule has 1 aromatic carbocycles. The zero-order valence-electron chi connectivity index (χ0n) is 23.8. The number of ether oxygens (including phenoxy) is 1. The van der Waals surface area contributed by atoms with E-state index in [1.165, 1.54) is 0 Å². The molecule has 0 radical (unpaired) electrons. The first-order chi connectivity index (χ1) is 18.7. The molecule has 1 aliphatic rings. The number of esters is 1. The Labute approximate surface area is 234 Å². The molecule has 1 aliphatic carbocycles. The van der Waals surface area contributed by atoms with Crippen molar-refractivity contribution in [2.24, 2.45) is 17.8 Å². The molecule has 7 heteroatoms. The predicted octanol–water partition coefficient (Wildman–Crippen LogP) is 4.89. The quantitative estimate of drug-likeness (QED) is 0.140. The number of aliphatic hydroxyl groups excluding tert-OH is 1. The van der Waals surface area contributed by atoms with Gasteiger partial charge in [-0.25, -0.2) is 0 Å². The summed E-state index contributed by atoms with van der Waals surface area (Å²) in [5.41, 5.74) is 0.501. The van der Waals surface area contributed by atoms with E-state index in [9.17, 15) is 19.5 Å². The van der Waals surface area contributed by atoms with Crippen molar-refractivity contribution in [2.75, 3.05) is 13.2 Å². The second-order valence-corrected chi connectivity index (χ2v) is 11.2. The van der Waals surface area contributed by atoms with Crippen LogP contribution >= 0.6 is 0 Å². The molecule has 3 unspecified atom stereocenters. The monoisotopic (exact) mass is 540 g/mol. The highest BCUT2D eigenvalue weighted by Gasteiger charge is 2.35. The van der Waals surface area contributed by atoms with Gasteiger partial charge in [0.1, 0.15) is 6.61 Å². The summed E-state index contributed by atoms with van der Waals surface area (Å²) in [4.78, 5) is 39.1. The van der Waals surface area contributed by atoms with Gasteiger partial charge in [-0.1, -0.05) is 69.2 Å². The standard InChI is InChI=1S/C32H48N2O5/c1-5-7-9-17-27(20-25-15-10-8-11-16-25)31(38)39-22-28(24(3)4)33-30(37)26(14-6-2)21-29(36)34-32(23-35)18-12-13-19-32/h5-6,8,10-11,15-16,24,26-28,35H,1-2,7,9,12-14,17-23H2,3-4H3,(H,33,37)(H,34,36). The minimum Gasteiger partial charge on any atom is -0.463 e. The lowest BCUT2D eigenvalue weighted by molar-refractivity contribution is -0.150. The van der Waals surface area contributed by atoms with Crippen LogP contribution in [-0.4, -0.2) is 47.7 Å². The van der Waals surface area contributed by atoms with Crippen LogP contribution in [-0.2, 0) is 25.5 Å². The number of rotatable bonds is 18. The lowest BCUT2D eigenvalue weighted by Crippen LogP contribution is -2.51. The van der Waals surface area contributed by atoms with Gasteiger partial charge in [0.05, 0.1) is 30.0 Å². The minimum atomic E-state index is -0.596. The Hall–Kier alpha value is -2.93. The highest BCUT2D eigenvalue weighted by atomic mass is 16.5. The van der Waals surface area contributed by atoms with Crippen LogP contribution < -0.4 is 10.6 Å². The van der Waals surface area contributed by atoms with Crippen molar-refractivity contribution in [3.63, 3.8) is 0 Å². The van der Waals surface area contributed by atoms with Crippen LogP contribution in [0.1, 0.15) is 77.2 Å². The molecular weight excluding hydrogens is 492 g/mol. The molecule has 3 N–H and O–H groups in total. The summed E-state index contributed by atoms with van der Waals surface area (Å²) >= 11 is 0. The van der Waals surface area contributed by atoms with Crippen molar-refractivity contribution in [1.29, 1.82) is 0 Å². The number of amides is 2. The van der Waals surface area contributed by atoms with Gasteiger partial charge in [-0.15, -0.1) is 13.2 Å². The first kappa shape index (κ1) is 32.3. The molecule has 2 rings (SSSR count). The average Bonchev–Trinajstić information content (AvgIpc) is 3.39. The fourth-order valence-corrected chi connectivity index (χ4v) is 5.13. The fraction of sp³-hybridized carbons (Fsp3) is 0.594. The van der Waals surface area contributed by atoms with E-state index in [1.54, 1.807) is 6.08 Å². The number of benzene rings is 1. The molecule has 1 aromatic rings. The molecule has 7 nitrogen and oxygen atoms in total. The maximum absolute atomic E-state index is 13.2. The second kappa shape index (κ2) is 16.9. The summed E-state index contributed by atoms with van der Waals surface area (Å²) in [6.45, 7) is 11.4. The summed E-state index contributed by atoms with van der Waals surface area (Å²) in [5.74, 6) is -1.64. The Kier molecular flexibility index (Phi) is 14.0. The first-order valence-electron chi connectivity index (χ1n) is 14.4. The van der Waals surface area contributed by atoms with Gasteiger partial charge in [0.25, 0.3) is 0 Å². The van der Waals surface area contributed by atoms with E-state index in [0.29, 0.717) is 19.3 Å². The molecule has 0 saturated heterocycles. The normalized spacial score (nSPS) is 16.6. The van der Waals surface area contributed by atoms with E-state index in [2.05, 4.69) is 23.8 Å². The fourth-order valence-electron chi connectivity index (χ4n) is 5.13. The lowest BCUT2D eigenvalue weighted by Gasteiger charge is -2.29. The third-order valence-electron chi connectivity index (χ3n) is 7.68. The summed E-state index contributed by atoms with van der Waals surface area (Å²) in [5, 5.41) is 15.8. The van der Waals surface area contributed by atoms with Crippen LogP contribution in [0.25, 0.3) is 0 Å². The number of nitrogens with one attached hydrogen (secondary N) is 2. The zero-order chi connectivity index (χ0) is 28.7. The molecule has 1 fully saturated rings. The number of carbonyl (C=O) groups excluding carboxylic acids is 3. The van der Waals surface area contributed by atoms with Gasteiger partial charge in [0, 0.05) is 6.42 Å². The van der Waals surface area contributed by atoms with Crippen molar-refractivity contribution in [1.82, 2.24) is 10.6 Å². The molecular formula is C32H48N2O5. The molecule has 0 bridgehead atoms. The van der Waals surface area contributed by atoms with Crippen LogP contribution in [0.4, 0.5) is 0 Å². The number of hydrogen-bond donors (Lipinski definition) is 3. The van der Waals surface area contributed by atoms with Crippen LogP contribution in [0.5, 0.6) is 0 Å². The average molecular weight is 541 g/mol. The Morgan fingerprint density at radius 3 is 2.36 bits per heavy atom. The summed E-state index contributed by atoms with van der Waals surface area (Å²) < 4.78 is 5.76. The topological polar surface area (TPSA) is 105 Å². The Morgan fingerprint density at radius 1 is 1.08 bits per heavy atom. The molecule has 2 amide bonds. The summed E-state index contributed by atoms with van der Waals surface area (Å²) in [6.07, 6.45) is 10.2. The van der Waals surface area contributed by atoms with Crippen molar-refractivity contribution >= 4 is 17.8 Å². The van der Waals surface area contributed by atoms with Crippen molar-refractivity contribution in [3.05, 3.63) is 61.2 Å². The molecule has 0 spiro atoms. The minimum absolute atomic E-state index is 0.00661. The number of aliphatic hydroxyl groups is 1. The SMILES string of the molecule is C=CCCCC(Cc1ccccc1)C(=O)OCC(NC(=O)C(CC=C)CC(=O)NC1(CO)CCCC1)C(C)C. The number of allylic oxidation sites excluding steroid dienone is 2. The van der Waals surface area contributed by atoms with E-state index >= 15 is 0 Å². The van der Waals surface area contributed by atoms with Gasteiger partial charge in [0.2, 0.25) is 11.8 Å². The van der Waals surface area contributed by atoms with Gasteiger partial charge in [-0.05, 0) is 56.4 Å². The highest BCUT2D eigenvalue weighted by molar-refractivity contribution is 5.86. The third kappa shape index (κ3) is 11.0. The Morgan fingerprint density at radius 2 is 1.77 bits per heavy atom. The molecule has 0 heterocycles. The van der Waals surface area contributed by atoms with Crippen molar-refractivity contribution < 1.29 is 24.2 Å². The third-order valence-corrected chi connectivity index (χ3v) is 7.68. The number of carbonyl (C=O) groups is 3. The maximum Gasteiger partial charge on any atom is 0.309 e. The highest BCUT2D eigenvalue weighted by Crippen LogP contribution is 2.29. The summed E-state index contributed by atoms with van der Waals surface area (Å²) in [7, 11) is 0. The second-order valence-electron chi connectivity index (χ2n) is 11.2. The zero-order valence-corrected chi connectivity index (χ0v) is 23.8. The molecule has 3 atom stereocenters. The first-order valence-corrected chi connectivity index (χ1v) is 14.4. The van der Waals surface area contributed by atoms with Crippen LogP contribution in [0, 0.1) is 17.8 Å². The smallest absolute Gasteiger partial charge is 0.309 e. The Bertz CT molecular complexity index is 924. The van der Waals surface area contributed by atoms with E-state index in [4.69, 9.17) is 4.74 Å². The molecule has 0 aliphatic heterocycles. The molecule has 1 saturated carbocycles. The molecule has 216 valence electrons. The molecule has 39 heavy (non-hydrogen) atoms. The largest absolute Gasteiger partial charge is 0.463 e. The molecule has 0 aromatic heterocycles. The van der Waals surface area contributed by atoms with E-state index in [0.717, 1.165) is 44.1 Å². The van der Waals surface area contributed by atoms with Gasteiger partial charge < -0.3 is 20.5 Å². The predicted molar refractivity (Wildman–Crippen MR) is 155 cm³/mol. The van der Waals surface area contributed by atoms with Crippen LogP contribution in [0.2, 0.25) is 0 Å². The summed E-state index contributed by atoms with van der Waals surface area (Å²) in [6, 6.07) is 9.51. The van der Waals surface area contributed by atoms with Crippen LogP contribution in [0.3, 0.4) is 0 Å². The van der Waals surface area contributed by atoms with Crippen molar-refractivity contribution in [2.45, 2.75) is 89.6 Å². The number of unbranched alkanes of at least 4 members (excludes halogenated alkanes) is 1. The van der Waals surface area contributed by atoms with Gasteiger partial charge in [-0.2, -0.15) is 0 Å². The van der Waals surface area contributed by atoms with E-state index < -0.39 is 11.5 Å². The number of hydrogen-bond acceptors (Lipinski definition) is 5. The maximum atomic E-state index is 13.2. The van der Waals surface area contributed by atoms with Gasteiger partial charge in [-0.3, -0.25) is 14.4 Å².